The number of aromatic nitrogens is 1. The van der Waals surface area contributed by atoms with E-state index in [4.69, 9.17) is 14.6 Å². The lowest BCUT2D eigenvalue weighted by Gasteiger charge is -2.06. The van der Waals surface area contributed by atoms with Gasteiger partial charge >= 0.3 is 5.97 Å². The number of benzene rings is 1. The summed E-state index contributed by atoms with van der Waals surface area (Å²) >= 11 is 1.19. The number of carboxylic acid groups (broad SMARTS) is 1. The predicted molar refractivity (Wildman–Crippen MR) is 84.4 cm³/mol. The lowest BCUT2D eigenvalue weighted by Crippen LogP contribution is -2.30. The standard InChI is InChI=1S/C15H15FN2O5S/c1-22-8-23-10-2-3-11(12(16)5-10)15-18-9(7-24-15)4-13(19)17-6-14(20)21/h2-3,5,7H,4,6,8H2,1H3,(H,17,19)(H,20,21). The van der Waals surface area contributed by atoms with Crippen LogP contribution in [0, 0.1) is 5.82 Å². The van der Waals surface area contributed by atoms with Gasteiger partial charge in [0, 0.05) is 24.1 Å². The number of halogens is 1. The SMILES string of the molecule is COCOc1ccc(-c2nc(CC(=O)NCC(=O)O)cs2)c(F)c1. The Bertz CT molecular complexity index is 734. The van der Waals surface area contributed by atoms with Gasteiger partial charge in [-0.25, -0.2) is 9.37 Å². The summed E-state index contributed by atoms with van der Waals surface area (Å²) in [4.78, 5) is 26.2. The van der Waals surface area contributed by atoms with Gasteiger partial charge < -0.3 is 19.9 Å². The third kappa shape index (κ3) is 5.00. The second-order valence-corrected chi connectivity index (χ2v) is 5.54. The maximum absolute atomic E-state index is 14.1. The topological polar surface area (TPSA) is 97.8 Å². The molecular weight excluding hydrogens is 339 g/mol. The molecule has 0 aliphatic heterocycles. The van der Waals surface area contributed by atoms with Gasteiger partial charge in [0.05, 0.1) is 12.1 Å². The molecule has 7 nitrogen and oxygen atoms in total. The molecule has 0 saturated carbocycles. The maximum Gasteiger partial charge on any atom is 0.322 e. The number of nitrogens with one attached hydrogen (secondary N) is 1. The van der Waals surface area contributed by atoms with Gasteiger partial charge in [-0.15, -0.1) is 11.3 Å². The van der Waals surface area contributed by atoms with Crippen LogP contribution < -0.4 is 10.1 Å². The number of amides is 1. The average molecular weight is 354 g/mol. The number of methoxy groups -OCH3 is 1. The Labute approximate surface area is 141 Å². The van der Waals surface area contributed by atoms with Crippen LogP contribution in [0.5, 0.6) is 5.75 Å². The molecule has 0 saturated heterocycles. The predicted octanol–water partition coefficient (Wildman–Crippen LogP) is 1.68. The van der Waals surface area contributed by atoms with Crippen LogP contribution in [-0.4, -0.2) is 42.4 Å². The first-order chi connectivity index (χ1) is 11.5. The fraction of sp³-hybridized carbons (Fsp3) is 0.267. The normalized spacial score (nSPS) is 10.4. The molecular formula is C15H15FN2O5S. The van der Waals surface area contributed by atoms with Crippen LogP contribution in [-0.2, 0) is 20.7 Å². The van der Waals surface area contributed by atoms with E-state index in [9.17, 15) is 14.0 Å². The molecule has 2 aromatic rings. The Morgan fingerprint density at radius 3 is 2.88 bits per heavy atom. The molecule has 0 bridgehead atoms. The molecule has 2 N–H and O–H groups in total. The van der Waals surface area contributed by atoms with Gasteiger partial charge in [0.1, 0.15) is 23.1 Å². The van der Waals surface area contributed by atoms with Crippen molar-refractivity contribution in [2.24, 2.45) is 0 Å². The summed E-state index contributed by atoms with van der Waals surface area (Å²) in [6, 6.07) is 4.36. The van der Waals surface area contributed by atoms with Crippen molar-refractivity contribution in [1.29, 1.82) is 0 Å². The summed E-state index contributed by atoms with van der Waals surface area (Å²) in [6.45, 7) is -0.432. The molecule has 0 unspecified atom stereocenters. The molecule has 9 heteroatoms. The Morgan fingerprint density at radius 2 is 2.21 bits per heavy atom. The Balaban J connectivity index is 2.04. The molecule has 0 radical (unpaired) electrons. The number of ether oxygens (including phenoxy) is 2. The monoisotopic (exact) mass is 354 g/mol. The number of carbonyl (C=O) groups is 2. The summed E-state index contributed by atoms with van der Waals surface area (Å²) in [5, 5.41) is 12.8. The van der Waals surface area contributed by atoms with Crippen molar-refractivity contribution in [3.8, 4) is 16.3 Å². The van der Waals surface area contributed by atoms with Crippen molar-refractivity contribution < 1.29 is 28.6 Å². The van der Waals surface area contributed by atoms with Crippen molar-refractivity contribution in [3.05, 3.63) is 35.1 Å². The van der Waals surface area contributed by atoms with Crippen LogP contribution in [0.2, 0.25) is 0 Å². The molecule has 0 atom stereocenters. The molecule has 0 fully saturated rings. The Hall–Kier alpha value is -2.52. The van der Waals surface area contributed by atoms with Crippen molar-refractivity contribution in [2.75, 3.05) is 20.4 Å². The molecule has 24 heavy (non-hydrogen) atoms. The summed E-state index contributed by atoms with van der Waals surface area (Å²) < 4.78 is 24.0. The molecule has 2 rings (SSSR count). The third-order valence-electron chi connectivity index (χ3n) is 2.84. The van der Waals surface area contributed by atoms with E-state index in [1.807, 2.05) is 0 Å². The zero-order valence-electron chi connectivity index (χ0n) is 12.7. The lowest BCUT2D eigenvalue weighted by atomic mass is 10.2. The minimum absolute atomic E-state index is 0.0195. The number of carboxylic acids is 1. The lowest BCUT2D eigenvalue weighted by molar-refractivity contribution is -0.137. The van der Waals surface area contributed by atoms with Crippen molar-refractivity contribution in [1.82, 2.24) is 10.3 Å². The first-order valence-corrected chi connectivity index (χ1v) is 7.72. The van der Waals surface area contributed by atoms with Crippen LogP contribution in [0.1, 0.15) is 5.69 Å². The maximum atomic E-state index is 14.1. The number of rotatable bonds is 8. The number of hydrogen-bond acceptors (Lipinski definition) is 6. The van der Waals surface area contributed by atoms with Crippen LogP contribution >= 0.6 is 11.3 Å². The highest BCUT2D eigenvalue weighted by Crippen LogP contribution is 2.29. The molecule has 1 amide bonds. The third-order valence-corrected chi connectivity index (χ3v) is 3.77. The molecule has 0 spiro atoms. The Morgan fingerprint density at radius 1 is 1.42 bits per heavy atom. The highest BCUT2D eigenvalue weighted by Gasteiger charge is 2.13. The molecule has 128 valence electrons. The number of aliphatic carboxylic acids is 1. The van der Waals surface area contributed by atoms with Gasteiger partial charge in [-0.05, 0) is 12.1 Å². The van der Waals surface area contributed by atoms with Gasteiger partial charge in [0.25, 0.3) is 0 Å². The first kappa shape index (κ1) is 17.8. The fourth-order valence-corrected chi connectivity index (χ4v) is 2.65. The van der Waals surface area contributed by atoms with Crippen molar-refractivity contribution in [2.45, 2.75) is 6.42 Å². The number of carbonyl (C=O) groups excluding carboxylic acids is 1. The van der Waals surface area contributed by atoms with Crippen LogP contribution in [0.4, 0.5) is 4.39 Å². The highest BCUT2D eigenvalue weighted by molar-refractivity contribution is 7.13. The number of hydrogen-bond donors (Lipinski definition) is 2. The molecule has 0 aliphatic carbocycles. The van der Waals surface area contributed by atoms with E-state index in [2.05, 4.69) is 10.3 Å². The molecule has 1 heterocycles. The van der Waals surface area contributed by atoms with E-state index in [0.29, 0.717) is 22.0 Å². The van der Waals surface area contributed by atoms with Gasteiger partial charge in [-0.3, -0.25) is 9.59 Å². The summed E-state index contributed by atoms with van der Waals surface area (Å²) in [7, 11) is 1.47. The van der Waals surface area contributed by atoms with Crippen LogP contribution in [0.3, 0.4) is 0 Å². The minimum Gasteiger partial charge on any atom is -0.480 e. The zero-order valence-corrected chi connectivity index (χ0v) is 13.6. The van der Waals surface area contributed by atoms with Crippen LogP contribution in [0.25, 0.3) is 10.6 Å². The van der Waals surface area contributed by atoms with E-state index in [0.717, 1.165) is 0 Å². The van der Waals surface area contributed by atoms with E-state index >= 15 is 0 Å². The van der Waals surface area contributed by atoms with E-state index in [-0.39, 0.29) is 13.2 Å². The van der Waals surface area contributed by atoms with Gasteiger partial charge in [0.2, 0.25) is 5.91 Å². The highest BCUT2D eigenvalue weighted by atomic mass is 32.1. The van der Waals surface area contributed by atoms with Gasteiger partial charge in [0.15, 0.2) is 6.79 Å². The second kappa shape index (κ2) is 8.37. The average Bonchev–Trinajstić information content (AvgIpc) is 2.99. The number of nitrogens with zero attached hydrogens (tertiary/aromatic N) is 1. The quantitative estimate of drug-likeness (QED) is 0.700. The molecule has 0 aliphatic rings. The second-order valence-electron chi connectivity index (χ2n) is 4.68. The summed E-state index contributed by atoms with van der Waals surface area (Å²) in [5.41, 5.74) is 0.735. The fourth-order valence-electron chi connectivity index (χ4n) is 1.80. The van der Waals surface area contributed by atoms with Crippen LogP contribution in [0.15, 0.2) is 23.6 Å². The van der Waals surface area contributed by atoms with Gasteiger partial charge in [-0.1, -0.05) is 0 Å². The number of thiazole rings is 1. The van der Waals surface area contributed by atoms with Gasteiger partial charge in [-0.2, -0.15) is 0 Å². The van der Waals surface area contributed by atoms with Crippen molar-refractivity contribution in [3.63, 3.8) is 0 Å². The van der Waals surface area contributed by atoms with Crippen molar-refractivity contribution >= 4 is 23.2 Å². The zero-order chi connectivity index (χ0) is 17.5. The van der Waals surface area contributed by atoms with E-state index < -0.39 is 24.2 Å². The smallest absolute Gasteiger partial charge is 0.322 e. The summed E-state index contributed by atoms with van der Waals surface area (Å²) in [5.74, 6) is -1.75. The Kier molecular flexibility index (Phi) is 6.21. The molecule has 1 aromatic carbocycles. The molecule has 1 aromatic heterocycles. The first-order valence-electron chi connectivity index (χ1n) is 6.84. The van der Waals surface area contributed by atoms with E-state index in [1.165, 1.54) is 30.6 Å². The van der Waals surface area contributed by atoms with E-state index in [1.54, 1.807) is 11.4 Å². The largest absolute Gasteiger partial charge is 0.480 e. The minimum atomic E-state index is -1.12. The summed E-state index contributed by atoms with van der Waals surface area (Å²) in [6.07, 6.45) is -0.0690.